The molecule has 0 bridgehead atoms. The fraction of sp³-hybridized carbons (Fsp3) is 0. The Morgan fingerprint density at radius 2 is 1.65 bits per heavy atom. The molecule has 3 aromatic carbocycles. The Hall–Kier alpha value is -4.04. The number of hydrazone groups is 1. The van der Waals surface area contributed by atoms with Crippen LogP contribution in [0.25, 0.3) is 0 Å². The minimum absolute atomic E-state index is 0.265. The number of benzene rings is 3. The highest BCUT2D eigenvalue weighted by molar-refractivity contribution is 6.39. The molecule has 0 aliphatic rings. The zero-order valence-electron chi connectivity index (χ0n) is 15.8. The summed E-state index contributed by atoms with van der Waals surface area (Å²) in [6.07, 6.45) is 1.28. The van der Waals surface area contributed by atoms with Crippen LogP contribution < -0.4 is 15.5 Å². The average Bonchev–Trinajstić information content (AvgIpc) is 2.76. The Labute approximate surface area is 181 Å². The third-order valence-corrected chi connectivity index (χ3v) is 4.09. The predicted octanol–water partition coefficient (Wildman–Crippen LogP) is 3.79. The van der Waals surface area contributed by atoms with Crippen molar-refractivity contribution in [3.8, 4) is 5.75 Å². The second-order valence-electron chi connectivity index (χ2n) is 6.13. The number of nitrogens with zero attached hydrogens (tertiary/aromatic N) is 1. The second-order valence-corrected chi connectivity index (χ2v) is 6.57. The molecule has 2 N–H and O–H groups in total. The number of anilines is 1. The first-order valence-electron chi connectivity index (χ1n) is 8.88. The van der Waals surface area contributed by atoms with Gasteiger partial charge in [-0.1, -0.05) is 23.7 Å². The maximum atomic E-state index is 12.9. The summed E-state index contributed by atoms with van der Waals surface area (Å²) >= 11 is 5.80. The highest BCUT2D eigenvalue weighted by Gasteiger charge is 2.13. The van der Waals surface area contributed by atoms with Crippen LogP contribution in [0.3, 0.4) is 0 Å². The van der Waals surface area contributed by atoms with Crippen LogP contribution in [0.4, 0.5) is 10.1 Å². The number of halogens is 2. The van der Waals surface area contributed by atoms with Gasteiger partial charge in [-0.15, -0.1) is 0 Å². The number of amides is 2. The molecule has 9 heteroatoms. The van der Waals surface area contributed by atoms with E-state index in [-0.39, 0.29) is 11.4 Å². The maximum absolute atomic E-state index is 12.9. The van der Waals surface area contributed by atoms with Gasteiger partial charge in [0.15, 0.2) is 0 Å². The lowest BCUT2D eigenvalue weighted by Crippen LogP contribution is -2.32. The molecule has 0 saturated heterocycles. The fourth-order valence-electron chi connectivity index (χ4n) is 2.35. The monoisotopic (exact) mass is 439 g/mol. The number of rotatable bonds is 5. The standard InChI is InChI=1S/C22H15ClFN3O4/c23-16-6-4-15(5-7-16)22(30)31-19-3-1-2-14(12-19)13-25-27-21(29)20(28)26-18-10-8-17(24)9-11-18/h1-13H,(H,26,28)(H,27,29). The Morgan fingerprint density at radius 3 is 2.35 bits per heavy atom. The third-order valence-electron chi connectivity index (χ3n) is 3.84. The van der Waals surface area contributed by atoms with Crippen LogP contribution in [0.1, 0.15) is 15.9 Å². The molecule has 0 saturated carbocycles. The normalized spacial score (nSPS) is 10.5. The largest absolute Gasteiger partial charge is 0.423 e. The number of carbonyl (C=O) groups excluding carboxylic acids is 3. The van der Waals surface area contributed by atoms with Crippen LogP contribution in [-0.4, -0.2) is 24.0 Å². The highest BCUT2D eigenvalue weighted by Crippen LogP contribution is 2.16. The Kier molecular flexibility index (Phi) is 7.08. The number of hydrogen-bond acceptors (Lipinski definition) is 5. The molecule has 0 aliphatic heterocycles. The van der Waals surface area contributed by atoms with Crippen molar-refractivity contribution < 1.29 is 23.5 Å². The van der Waals surface area contributed by atoms with Gasteiger partial charge in [-0.05, 0) is 66.2 Å². The zero-order valence-corrected chi connectivity index (χ0v) is 16.6. The maximum Gasteiger partial charge on any atom is 0.343 e. The van der Waals surface area contributed by atoms with Gasteiger partial charge < -0.3 is 10.1 Å². The molecule has 0 fully saturated rings. The number of esters is 1. The Bertz CT molecular complexity index is 1130. The molecule has 0 unspecified atom stereocenters. The molecule has 0 atom stereocenters. The molecule has 0 radical (unpaired) electrons. The van der Waals surface area contributed by atoms with Crippen molar-refractivity contribution in [1.29, 1.82) is 0 Å². The van der Waals surface area contributed by atoms with E-state index in [1.807, 2.05) is 0 Å². The Balaban J connectivity index is 1.55. The summed E-state index contributed by atoms with van der Waals surface area (Å²) in [5.74, 6) is -2.73. The van der Waals surface area contributed by atoms with Gasteiger partial charge in [0.2, 0.25) is 0 Å². The zero-order chi connectivity index (χ0) is 22.2. The van der Waals surface area contributed by atoms with Gasteiger partial charge in [0, 0.05) is 10.7 Å². The Morgan fingerprint density at radius 1 is 0.935 bits per heavy atom. The van der Waals surface area contributed by atoms with Crippen LogP contribution in [0.15, 0.2) is 77.9 Å². The lowest BCUT2D eigenvalue weighted by molar-refractivity contribution is -0.136. The van der Waals surface area contributed by atoms with Gasteiger partial charge in [0.1, 0.15) is 11.6 Å². The van der Waals surface area contributed by atoms with E-state index < -0.39 is 23.6 Å². The number of nitrogens with one attached hydrogen (secondary N) is 2. The van der Waals surface area contributed by atoms with Crippen molar-refractivity contribution in [2.45, 2.75) is 0 Å². The summed E-state index contributed by atoms with van der Waals surface area (Å²) in [4.78, 5) is 35.8. The molecular formula is C22H15ClFN3O4. The van der Waals surface area contributed by atoms with Crippen LogP contribution in [-0.2, 0) is 9.59 Å². The van der Waals surface area contributed by atoms with Crippen molar-refractivity contribution in [1.82, 2.24) is 5.43 Å². The summed E-state index contributed by atoms with van der Waals surface area (Å²) in [6, 6.07) is 17.6. The lowest BCUT2D eigenvalue weighted by atomic mass is 10.2. The van der Waals surface area contributed by atoms with Crippen molar-refractivity contribution in [3.05, 3.63) is 94.8 Å². The van der Waals surface area contributed by atoms with Crippen LogP contribution in [0.5, 0.6) is 5.75 Å². The fourth-order valence-corrected chi connectivity index (χ4v) is 2.47. The van der Waals surface area contributed by atoms with Crippen molar-refractivity contribution in [2.24, 2.45) is 5.10 Å². The van der Waals surface area contributed by atoms with E-state index in [1.54, 1.807) is 42.5 Å². The smallest absolute Gasteiger partial charge is 0.343 e. The molecular weight excluding hydrogens is 425 g/mol. The predicted molar refractivity (Wildman–Crippen MR) is 114 cm³/mol. The minimum atomic E-state index is -1.01. The molecule has 0 spiro atoms. The first kappa shape index (κ1) is 21.7. The van der Waals surface area contributed by atoms with Crippen molar-refractivity contribution >= 4 is 41.3 Å². The van der Waals surface area contributed by atoms with E-state index in [4.69, 9.17) is 16.3 Å². The van der Waals surface area contributed by atoms with E-state index in [0.717, 1.165) is 12.1 Å². The molecule has 0 aliphatic carbocycles. The molecule has 31 heavy (non-hydrogen) atoms. The first-order chi connectivity index (χ1) is 14.9. The van der Waals surface area contributed by atoms with Crippen LogP contribution in [0.2, 0.25) is 5.02 Å². The van der Waals surface area contributed by atoms with Gasteiger partial charge in [0.25, 0.3) is 0 Å². The molecule has 3 aromatic rings. The topological polar surface area (TPSA) is 96.9 Å². The number of hydrogen-bond donors (Lipinski definition) is 2. The number of carbonyl (C=O) groups is 3. The molecule has 2 amide bonds. The molecule has 0 aromatic heterocycles. The van der Waals surface area contributed by atoms with Crippen LogP contribution in [0, 0.1) is 5.82 Å². The summed E-state index contributed by atoms with van der Waals surface area (Å²) in [5.41, 5.74) is 3.19. The minimum Gasteiger partial charge on any atom is -0.423 e. The quantitative estimate of drug-likeness (QED) is 0.208. The second kappa shape index (κ2) is 10.1. The molecule has 3 rings (SSSR count). The van der Waals surface area contributed by atoms with Crippen LogP contribution >= 0.6 is 11.6 Å². The first-order valence-corrected chi connectivity index (χ1v) is 9.26. The third kappa shape index (κ3) is 6.48. The van der Waals surface area contributed by atoms with E-state index in [1.165, 1.54) is 24.4 Å². The van der Waals surface area contributed by atoms with E-state index >= 15 is 0 Å². The van der Waals surface area contributed by atoms with Gasteiger partial charge in [0.05, 0.1) is 11.8 Å². The number of ether oxygens (including phenoxy) is 1. The molecule has 0 heterocycles. The summed E-state index contributed by atoms with van der Waals surface area (Å²) < 4.78 is 18.2. The van der Waals surface area contributed by atoms with Crippen molar-refractivity contribution in [2.75, 3.05) is 5.32 Å². The summed E-state index contributed by atoms with van der Waals surface area (Å²) in [5, 5.41) is 6.52. The SMILES string of the molecule is O=C(NN=Cc1cccc(OC(=O)c2ccc(Cl)cc2)c1)C(=O)Nc1ccc(F)cc1. The highest BCUT2D eigenvalue weighted by atomic mass is 35.5. The van der Waals surface area contributed by atoms with Gasteiger partial charge in [-0.25, -0.2) is 14.6 Å². The lowest BCUT2D eigenvalue weighted by Gasteiger charge is -2.05. The summed E-state index contributed by atoms with van der Waals surface area (Å²) in [7, 11) is 0. The van der Waals surface area contributed by atoms with E-state index in [9.17, 15) is 18.8 Å². The molecule has 156 valence electrons. The van der Waals surface area contributed by atoms with Gasteiger partial charge in [-0.3, -0.25) is 9.59 Å². The van der Waals surface area contributed by atoms with E-state index in [2.05, 4.69) is 15.8 Å². The average molecular weight is 440 g/mol. The van der Waals surface area contributed by atoms with Gasteiger partial charge in [-0.2, -0.15) is 5.10 Å². The molecule has 7 nitrogen and oxygen atoms in total. The van der Waals surface area contributed by atoms with E-state index in [0.29, 0.717) is 16.1 Å². The van der Waals surface area contributed by atoms with Gasteiger partial charge >= 0.3 is 17.8 Å². The summed E-state index contributed by atoms with van der Waals surface area (Å²) in [6.45, 7) is 0. The van der Waals surface area contributed by atoms with Crippen molar-refractivity contribution in [3.63, 3.8) is 0 Å².